The van der Waals surface area contributed by atoms with Crippen molar-refractivity contribution in [3.05, 3.63) is 63.6 Å². The molecular weight excluding hydrogens is 376 g/mol. The zero-order valence-corrected chi connectivity index (χ0v) is 17.1. The van der Waals surface area contributed by atoms with Gasteiger partial charge in [-0.2, -0.15) is 0 Å². The van der Waals surface area contributed by atoms with Gasteiger partial charge in [0.25, 0.3) is 0 Å². The Hall–Kier alpha value is -2.70. The molecular formula is C21H25ClN4O2. The Balaban J connectivity index is 2.28. The van der Waals surface area contributed by atoms with Crippen LogP contribution in [0.1, 0.15) is 32.7 Å². The van der Waals surface area contributed by atoms with Gasteiger partial charge in [-0.25, -0.2) is 0 Å². The first-order chi connectivity index (χ1) is 13.5. The third kappa shape index (κ3) is 5.18. The number of benzene rings is 1. The molecule has 28 heavy (non-hydrogen) atoms. The molecule has 0 atom stereocenters. The third-order valence-corrected chi connectivity index (χ3v) is 4.75. The van der Waals surface area contributed by atoms with Gasteiger partial charge in [0.2, 0.25) is 0 Å². The average molecular weight is 401 g/mol. The van der Waals surface area contributed by atoms with Crippen LogP contribution >= 0.6 is 11.6 Å². The van der Waals surface area contributed by atoms with Crippen LogP contribution in [-0.4, -0.2) is 44.7 Å². The minimum absolute atomic E-state index is 0.429. The highest BCUT2D eigenvalue weighted by Crippen LogP contribution is 2.34. The Morgan fingerprint density at radius 3 is 2.79 bits per heavy atom. The maximum absolute atomic E-state index is 11.5. The van der Waals surface area contributed by atoms with Crippen LogP contribution in [0, 0.1) is 6.92 Å². The summed E-state index contributed by atoms with van der Waals surface area (Å²) in [5.41, 5.74) is 10.4. The van der Waals surface area contributed by atoms with Crippen LogP contribution in [0.2, 0.25) is 5.02 Å². The first-order valence-electron chi connectivity index (χ1n) is 8.89. The van der Waals surface area contributed by atoms with E-state index in [-0.39, 0.29) is 0 Å². The molecule has 0 amide bonds. The van der Waals surface area contributed by atoms with Crippen molar-refractivity contribution in [3.8, 4) is 5.75 Å². The van der Waals surface area contributed by atoms with Gasteiger partial charge in [0.1, 0.15) is 12.4 Å². The number of pyridine rings is 1. The van der Waals surface area contributed by atoms with Crippen molar-refractivity contribution >= 4 is 29.7 Å². The zero-order valence-electron chi connectivity index (χ0n) is 16.3. The smallest absolute Gasteiger partial charge is 0.153 e. The van der Waals surface area contributed by atoms with Crippen LogP contribution in [0.5, 0.6) is 5.75 Å². The molecule has 148 valence electrons. The van der Waals surface area contributed by atoms with Crippen molar-refractivity contribution < 1.29 is 9.53 Å². The number of carbonyl (C=O) groups is 1. The molecule has 7 heteroatoms. The molecule has 0 fully saturated rings. The molecule has 3 N–H and O–H groups in total. The maximum Gasteiger partial charge on any atom is 0.153 e. The fourth-order valence-electron chi connectivity index (χ4n) is 2.73. The molecule has 2 rings (SSSR count). The Kier molecular flexibility index (Phi) is 8.17. The molecule has 1 aromatic carbocycles. The summed E-state index contributed by atoms with van der Waals surface area (Å²) in [6.07, 6.45) is 6.29. The van der Waals surface area contributed by atoms with Gasteiger partial charge in [0.15, 0.2) is 6.29 Å². The van der Waals surface area contributed by atoms with Crippen LogP contribution in [0.15, 0.2) is 35.6 Å². The van der Waals surface area contributed by atoms with Crippen LogP contribution in [0.4, 0.5) is 0 Å². The Morgan fingerprint density at radius 1 is 1.43 bits per heavy atom. The predicted molar refractivity (Wildman–Crippen MR) is 115 cm³/mol. The van der Waals surface area contributed by atoms with Gasteiger partial charge >= 0.3 is 0 Å². The highest BCUT2D eigenvalue weighted by molar-refractivity contribution is 6.33. The summed E-state index contributed by atoms with van der Waals surface area (Å²) >= 11 is 6.49. The van der Waals surface area contributed by atoms with Gasteiger partial charge in [0.05, 0.1) is 16.3 Å². The normalized spacial score (nSPS) is 11.8. The van der Waals surface area contributed by atoms with E-state index >= 15 is 0 Å². The molecule has 0 aliphatic rings. The molecule has 2 aromatic rings. The SMILES string of the molecule is CN=C/C(=C\N)c1ccc(Cc2cc(C=O)c(OCCNC)c(Cl)c2C)cn1. The second-order valence-electron chi connectivity index (χ2n) is 6.20. The lowest BCUT2D eigenvalue weighted by Crippen LogP contribution is -2.17. The summed E-state index contributed by atoms with van der Waals surface area (Å²) in [4.78, 5) is 20.0. The first kappa shape index (κ1) is 21.6. The quantitative estimate of drug-likeness (QED) is 0.383. The Morgan fingerprint density at radius 2 is 2.21 bits per heavy atom. The average Bonchev–Trinajstić information content (AvgIpc) is 2.72. The topological polar surface area (TPSA) is 89.6 Å². The lowest BCUT2D eigenvalue weighted by molar-refractivity contribution is 0.111. The van der Waals surface area contributed by atoms with Crippen LogP contribution in [-0.2, 0) is 6.42 Å². The van der Waals surface area contributed by atoms with E-state index in [1.807, 2.05) is 32.2 Å². The number of rotatable bonds is 9. The van der Waals surface area contributed by atoms with E-state index in [4.69, 9.17) is 22.1 Å². The molecule has 0 aliphatic carbocycles. The summed E-state index contributed by atoms with van der Waals surface area (Å²) < 4.78 is 5.69. The van der Waals surface area contributed by atoms with Crippen molar-refractivity contribution in [2.75, 3.05) is 27.2 Å². The number of nitrogens with two attached hydrogens (primary N) is 1. The van der Waals surface area contributed by atoms with Crippen molar-refractivity contribution in [3.63, 3.8) is 0 Å². The lowest BCUT2D eigenvalue weighted by Gasteiger charge is -2.16. The molecule has 6 nitrogen and oxygen atoms in total. The molecule has 0 spiro atoms. The van der Waals surface area contributed by atoms with Crippen molar-refractivity contribution in [2.45, 2.75) is 13.3 Å². The monoisotopic (exact) mass is 400 g/mol. The second kappa shape index (κ2) is 10.6. The zero-order chi connectivity index (χ0) is 20.5. The number of halogens is 1. The van der Waals surface area contributed by atoms with Gasteiger partial charge in [-0.1, -0.05) is 17.7 Å². The maximum atomic E-state index is 11.5. The lowest BCUT2D eigenvalue weighted by atomic mass is 9.98. The molecule has 1 aromatic heterocycles. The molecule has 0 saturated heterocycles. The molecule has 0 bridgehead atoms. The summed E-state index contributed by atoms with van der Waals surface area (Å²) in [6, 6.07) is 5.69. The summed E-state index contributed by atoms with van der Waals surface area (Å²) in [5, 5.41) is 3.46. The number of allylic oxidation sites excluding steroid dienone is 1. The third-order valence-electron chi connectivity index (χ3n) is 4.29. The Bertz CT molecular complexity index is 877. The van der Waals surface area contributed by atoms with Gasteiger partial charge in [0, 0.05) is 37.8 Å². The van der Waals surface area contributed by atoms with Crippen molar-refractivity contribution in [1.29, 1.82) is 0 Å². The fourth-order valence-corrected chi connectivity index (χ4v) is 3.01. The summed E-state index contributed by atoms with van der Waals surface area (Å²) in [7, 11) is 3.52. The number of nitrogens with zero attached hydrogens (tertiary/aromatic N) is 2. The molecule has 0 unspecified atom stereocenters. The van der Waals surface area contributed by atoms with Crippen molar-refractivity contribution in [1.82, 2.24) is 10.3 Å². The number of hydrogen-bond donors (Lipinski definition) is 2. The van der Waals surface area contributed by atoms with E-state index < -0.39 is 0 Å². The molecule has 0 radical (unpaired) electrons. The number of aliphatic imine (C=N–C) groups is 1. The number of aromatic nitrogens is 1. The Labute approximate surface area is 170 Å². The van der Waals surface area contributed by atoms with Gasteiger partial charge < -0.3 is 15.8 Å². The van der Waals surface area contributed by atoms with Crippen LogP contribution < -0.4 is 15.8 Å². The summed E-state index contributed by atoms with van der Waals surface area (Å²) in [6.45, 7) is 3.01. The number of aldehydes is 1. The van der Waals surface area contributed by atoms with Gasteiger partial charge in [-0.05, 0) is 49.2 Å². The van der Waals surface area contributed by atoms with E-state index in [0.29, 0.717) is 35.9 Å². The predicted octanol–water partition coefficient (Wildman–Crippen LogP) is 3.05. The first-order valence-corrected chi connectivity index (χ1v) is 9.27. The van der Waals surface area contributed by atoms with Crippen LogP contribution in [0.3, 0.4) is 0 Å². The minimum Gasteiger partial charge on any atom is -0.490 e. The number of carbonyl (C=O) groups excluding carboxylic acids is 1. The van der Waals surface area contributed by atoms with Crippen LogP contribution in [0.25, 0.3) is 5.57 Å². The second-order valence-corrected chi connectivity index (χ2v) is 6.58. The molecule has 1 heterocycles. The standard InChI is InChI=1S/C21H25ClN4O2/c1-14-16(9-17(13-27)21(20(14)22)28-7-6-24-2)8-15-4-5-19(26-11-15)18(10-23)12-25-3/h4-5,9-13,24H,6-8,23H2,1-3H3/b18-10+,25-12?. The minimum atomic E-state index is 0.429. The van der Waals surface area contributed by atoms with E-state index in [2.05, 4.69) is 15.3 Å². The summed E-state index contributed by atoms with van der Waals surface area (Å²) in [5.74, 6) is 0.429. The van der Waals surface area contributed by atoms with Gasteiger partial charge in [-0.15, -0.1) is 0 Å². The van der Waals surface area contributed by atoms with Crippen molar-refractivity contribution in [2.24, 2.45) is 10.7 Å². The van der Waals surface area contributed by atoms with Gasteiger partial charge in [-0.3, -0.25) is 14.8 Å². The number of nitrogens with one attached hydrogen (secondary N) is 1. The highest BCUT2D eigenvalue weighted by atomic mass is 35.5. The van der Waals surface area contributed by atoms with E-state index in [1.54, 1.807) is 19.5 Å². The largest absolute Gasteiger partial charge is 0.490 e. The molecule has 0 saturated carbocycles. The fraction of sp³-hybridized carbons (Fsp3) is 0.286. The highest BCUT2D eigenvalue weighted by Gasteiger charge is 2.16. The van der Waals surface area contributed by atoms with E-state index in [9.17, 15) is 4.79 Å². The number of likely N-dealkylation sites (N-methyl/N-ethyl adjacent to an activating group) is 1. The van der Waals surface area contributed by atoms with E-state index in [0.717, 1.165) is 34.2 Å². The number of ether oxygens (including phenoxy) is 1. The number of hydrogen-bond acceptors (Lipinski definition) is 6. The van der Waals surface area contributed by atoms with E-state index in [1.165, 1.54) is 6.20 Å². The molecule has 0 aliphatic heterocycles.